The van der Waals surface area contributed by atoms with Crippen LogP contribution in [0.1, 0.15) is 32.3 Å². The van der Waals surface area contributed by atoms with E-state index in [-0.39, 0.29) is 40.4 Å². The van der Waals surface area contributed by atoms with E-state index in [1.807, 2.05) is 13.8 Å². The third-order valence-electron chi connectivity index (χ3n) is 5.12. The first-order valence-corrected chi connectivity index (χ1v) is 11.3. The molecule has 184 valence electrons. The standard InChI is InChI=1S/C24H23Cl2N3O6/c1-12(2)29-13(3)20(24(33)34-4)17(23(29)32)10-15-6-7-16(35-15)11-27-21(30)22(31)28-14-5-8-18(25)19(26)9-14/h5-10,12H,11H2,1-4H3,(H,27,30)(H,28,31)/b17-10+. The molecule has 2 aromatic rings. The lowest BCUT2D eigenvalue weighted by molar-refractivity contribution is -0.136. The summed E-state index contributed by atoms with van der Waals surface area (Å²) in [5.41, 5.74) is 1.12. The van der Waals surface area contributed by atoms with Crippen molar-refractivity contribution in [3.63, 3.8) is 0 Å². The van der Waals surface area contributed by atoms with Gasteiger partial charge in [0, 0.05) is 17.4 Å². The van der Waals surface area contributed by atoms with Gasteiger partial charge < -0.3 is 24.7 Å². The van der Waals surface area contributed by atoms with E-state index in [0.717, 1.165) is 0 Å². The number of esters is 1. The molecule has 35 heavy (non-hydrogen) atoms. The van der Waals surface area contributed by atoms with Crippen LogP contribution in [-0.2, 0) is 30.5 Å². The van der Waals surface area contributed by atoms with Crippen LogP contribution in [0.4, 0.5) is 5.69 Å². The van der Waals surface area contributed by atoms with Crippen LogP contribution in [0.2, 0.25) is 10.0 Å². The maximum absolute atomic E-state index is 12.9. The number of benzene rings is 1. The topological polar surface area (TPSA) is 118 Å². The summed E-state index contributed by atoms with van der Waals surface area (Å²) in [5.74, 6) is -2.14. The summed E-state index contributed by atoms with van der Waals surface area (Å²) in [4.78, 5) is 51.0. The number of nitrogens with one attached hydrogen (secondary N) is 2. The fourth-order valence-corrected chi connectivity index (χ4v) is 3.84. The monoisotopic (exact) mass is 519 g/mol. The zero-order valence-electron chi connectivity index (χ0n) is 19.4. The molecule has 0 saturated carbocycles. The second kappa shape index (κ2) is 10.8. The summed E-state index contributed by atoms with van der Waals surface area (Å²) >= 11 is 11.7. The number of allylic oxidation sites excluding steroid dienone is 1. The molecule has 0 aliphatic carbocycles. The minimum absolute atomic E-state index is 0.0818. The van der Waals surface area contributed by atoms with E-state index < -0.39 is 17.8 Å². The number of nitrogens with zero attached hydrogens (tertiary/aromatic N) is 1. The molecule has 3 rings (SSSR count). The summed E-state index contributed by atoms with van der Waals surface area (Å²) in [6, 6.07) is 7.43. The van der Waals surface area contributed by atoms with Gasteiger partial charge in [-0.15, -0.1) is 0 Å². The minimum atomic E-state index is -0.897. The van der Waals surface area contributed by atoms with Gasteiger partial charge in [0.15, 0.2) is 0 Å². The van der Waals surface area contributed by atoms with Gasteiger partial charge in [0.2, 0.25) is 0 Å². The number of ether oxygens (including phenoxy) is 1. The average Bonchev–Trinajstić information content (AvgIpc) is 3.35. The second-order valence-electron chi connectivity index (χ2n) is 7.85. The van der Waals surface area contributed by atoms with Crippen LogP contribution in [0.25, 0.3) is 6.08 Å². The van der Waals surface area contributed by atoms with Crippen molar-refractivity contribution in [2.24, 2.45) is 0 Å². The lowest BCUT2D eigenvalue weighted by Crippen LogP contribution is -2.34. The molecule has 0 bridgehead atoms. The van der Waals surface area contributed by atoms with Crippen molar-refractivity contribution in [1.29, 1.82) is 0 Å². The van der Waals surface area contributed by atoms with Crippen LogP contribution in [0, 0.1) is 0 Å². The Hall–Kier alpha value is -3.56. The number of methoxy groups -OCH3 is 1. The summed E-state index contributed by atoms with van der Waals surface area (Å²) in [6.07, 6.45) is 1.45. The van der Waals surface area contributed by atoms with Gasteiger partial charge in [-0.25, -0.2) is 4.79 Å². The molecule has 0 unspecified atom stereocenters. The predicted octanol–water partition coefficient (Wildman–Crippen LogP) is 3.92. The Balaban J connectivity index is 1.69. The van der Waals surface area contributed by atoms with Crippen LogP contribution >= 0.6 is 23.2 Å². The molecule has 9 nitrogen and oxygen atoms in total. The Morgan fingerprint density at radius 3 is 2.46 bits per heavy atom. The molecule has 1 aromatic heterocycles. The lowest BCUT2D eigenvalue weighted by Gasteiger charge is -2.22. The Morgan fingerprint density at radius 1 is 1.11 bits per heavy atom. The average molecular weight is 520 g/mol. The number of furan rings is 1. The van der Waals surface area contributed by atoms with Crippen molar-refractivity contribution in [1.82, 2.24) is 10.2 Å². The number of rotatable bonds is 6. The van der Waals surface area contributed by atoms with Gasteiger partial charge in [0.25, 0.3) is 5.91 Å². The first-order valence-electron chi connectivity index (χ1n) is 10.5. The molecule has 2 heterocycles. The molecule has 0 fully saturated rings. The molecule has 1 aliphatic heterocycles. The Morgan fingerprint density at radius 2 is 1.83 bits per heavy atom. The Kier molecular flexibility index (Phi) is 8.03. The fraction of sp³-hybridized carbons (Fsp3) is 0.250. The van der Waals surface area contributed by atoms with Crippen molar-refractivity contribution in [2.75, 3.05) is 12.4 Å². The Labute approximate surface area is 211 Å². The molecule has 0 atom stereocenters. The largest absolute Gasteiger partial charge is 0.465 e. The molecule has 3 amide bonds. The molecule has 11 heteroatoms. The minimum Gasteiger partial charge on any atom is -0.465 e. The van der Waals surface area contributed by atoms with E-state index in [1.165, 1.54) is 36.3 Å². The van der Waals surface area contributed by atoms with E-state index in [1.54, 1.807) is 19.1 Å². The van der Waals surface area contributed by atoms with Gasteiger partial charge >= 0.3 is 17.8 Å². The van der Waals surface area contributed by atoms with E-state index in [0.29, 0.717) is 22.2 Å². The molecule has 1 aromatic carbocycles. The van der Waals surface area contributed by atoms with Crippen molar-refractivity contribution in [2.45, 2.75) is 33.4 Å². The zero-order chi connectivity index (χ0) is 25.9. The quantitative estimate of drug-likeness (QED) is 0.339. The van der Waals surface area contributed by atoms with Crippen molar-refractivity contribution >= 4 is 58.7 Å². The van der Waals surface area contributed by atoms with Crippen LogP contribution in [0.5, 0.6) is 0 Å². The van der Waals surface area contributed by atoms with Gasteiger partial charge in [0.1, 0.15) is 11.5 Å². The number of carbonyl (C=O) groups is 4. The molecule has 0 spiro atoms. The predicted molar refractivity (Wildman–Crippen MR) is 130 cm³/mol. The second-order valence-corrected chi connectivity index (χ2v) is 8.66. The SMILES string of the molecule is COC(=O)C1=C(C)N(C(C)C)C(=O)/C1=C/c1ccc(CNC(=O)C(=O)Nc2ccc(Cl)c(Cl)c2)o1. The third-order valence-corrected chi connectivity index (χ3v) is 5.86. The zero-order valence-corrected chi connectivity index (χ0v) is 20.9. The van der Waals surface area contributed by atoms with E-state index >= 15 is 0 Å². The van der Waals surface area contributed by atoms with Gasteiger partial charge in [0.05, 0.1) is 34.8 Å². The Bertz CT molecular complexity index is 1260. The molecule has 2 N–H and O–H groups in total. The number of carbonyl (C=O) groups excluding carboxylic acids is 4. The fourth-order valence-electron chi connectivity index (χ4n) is 3.54. The normalized spacial score (nSPS) is 14.7. The van der Waals surface area contributed by atoms with Crippen LogP contribution in [0.15, 0.2) is 51.6 Å². The van der Waals surface area contributed by atoms with E-state index in [2.05, 4.69) is 10.6 Å². The third kappa shape index (κ3) is 5.75. The number of halogens is 2. The number of amides is 3. The summed E-state index contributed by atoms with van der Waals surface area (Å²) in [5, 5.41) is 5.41. The molecule has 1 aliphatic rings. The highest BCUT2D eigenvalue weighted by atomic mass is 35.5. The van der Waals surface area contributed by atoms with Crippen molar-refractivity contribution in [3.05, 3.63) is 68.7 Å². The van der Waals surface area contributed by atoms with Gasteiger partial charge in [-0.2, -0.15) is 0 Å². The summed E-state index contributed by atoms with van der Waals surface area (Å²) < 4.78 is 10.5. The molecular weight excluding hydrogens is 497 g/mol. The van der Waals surface area contributed by atoms with Gasteiger partial charge in [-0.1, -0.05) is 23.2 Å². The van der Waals surface area contributed by atoms with Crippen molar-refractivity contribution in [3.8, 4) is 0 Å². The molecule has 0 radical (unpaired) electrons. The molecular formula is C24H23Cl2N3O6. The maximum atomic E-state index is 12.9. The van der Waals surface area contributed by atoms with Crippen LogP contribution in [0.3, 0.4) is 0 Å². The maximum Gasteiger partial charge on any atom is 0.340 e. The van der Waals surface area contributed by atoms with E-state index in [4.69, 9.17) is 32.4 Å². The smallest absolute Gasteiger partial charge is 0.340 e. The lowest BCUT2D eigenvalue weighted by atomic mass is 10.1. The number of hydrogen-bond acceptors (Lipinski definition) is 6. The van der Waals surface area contributed by atoms with Crippen molar-refractivity contribution < 1.29 is 28.3 Å². The van der Waals surface area contributed by atoms with Gasteiger partial charge in [-0.3, -0.25) is 14.4 Å². The summed E-state index contributed by atoms with van der Waals surface area (Å²) in [7, 11) is 1.24. The number of anilines is 1. The molecule has 0 saturated heterocycles. The highest BCUT2D eigenvalue weighted by Crippen LogP contribution is 2.33. The number of hydrogen-bond donors (Lipinski definition) is 2. The van der Waals surface area contributed by atoms with Crippen LogP contribution < -0.4 is 10.6 Å². The first-order chi connectivity index (χ1) is 16.5. The first kappa shape index (κ1) is 26.1. The van der Waals surface area contributed by atoms with Crippen LogP contribution in [-0.4, -0.2) is 41.7 Å². The van der Waals surface area contributed by atoms with Gasteiger partial charge in [-0.05, 0) is 57.2 Å². The summed E-state index contributed by atoms with van der Waals surface area (Å²) in [6.45, 7) is 5.27. The highest BCUT2D eigenvalue weighted by Gasteiger charge is 2.38. The van der Waals surface area contributed by atoms with E-state index in [9.17, 15) is 19.2 Å². The highest BCUT2D eigenvalue weighted by molar-refractivity contribution is 6.43.